The number of carbonyl (C=O) groups is 1. The van der Waals surface area contributed by atoms with Crippen LogP contribution in [0.5, 0.6) is 0 Å². The van der Waals surface area contributed by atoms with E-state index in [2.05, 4.69) is 34.9 Å². The van der Waals surface area contributed by atoms with Crippen molar-refractivity contribution in [2.45, 2.75) is 39.7 Å². The van der Waals surface area contributed by atoms with Gasteiger partial charge in [0.25, 0.3) is 11.5 Å². The van der Waals surface area contributed by atoms with E-state index in [0.717, 1.165) is 31.5 Å². The van der Waals surface area contributed by atoms with Crippen molar-refractivity contribution in [1.82, 2.24) is 24.6 Å². The minimum Gasteiger partial charge on any atom is -0.336 e. The highest BCUT2D eigenvalue weighted by Gasteiger charge is 2.25. The maximum absolute atomic E-state index is 13.1. The van der Waals surface area contributed by atoms with Crippen LogP contribution in [-0.2, 0) is 0 Å². The number of H-pyrrole nitrogens is 1. The Morgan fingerprint density at radius 2 is 1.88 bits per heavy atom. The molecule has 0 radical (unpaired) electrons. The van der Waals surface area contributed by atoms with Gasteiger partial charge < -0.3 is 4.90 Å². The molecular formula is C26H30N6O2. The maximum atomic E-state index is 13.1. The summed E-state index contributed by atoms with van der Waals surface area (Å²) in [6.45, 7) is 9.46. The summed E-state index contributed by atoms with van der Waals surface area (Å²) in [5.41, 5.74) is 2.53. The fourth-order valence-electron chi connectivity index (χ4n) is 4.76. The summed E-state index contributed by atoms with van der Waals surface area (Å²) in [6, 6.07) is 11.5. The Labute approximate surface area is 199 Å². The number of nitriles is 1. The summed E-state index contributed by atoms with van der Waals surface area (Å²) in [7, 11) is 0. The van der Waals surface area contributed by atoms with Gasteiger partial charge in [-0.05, 0) is 43.5 Å². The number of carbonyl (C=O) groups excluding carboxylic acids is 1. The van der Waals surface area contributed by atoms with Crippen molar-refractivity contribution in [2.75, 3.05) is 26.2 Å². The molecule has 2 aromatic heterocycles. The molecule has 0 unspecified atom stereocenters. The van der Waals surface area contributed by atoms with Crippen LogP contribution in [0.1, 0.15) is 48.2 Å². The van der Waals surface area contributed by atoms with Crippen LogP contribution in [0.3, 0.4) is 0 Å². The van der Waals surface area contributed by atoms with Crippen LogP contribution in [0.2, 0.25) is 0 Å². The van der Waals surface area contributed by atoms with Gasteiger partial charge in [0.15, 0.2) is 5.82 Å². The molecule has 0 aliphatic carbocycles. The average Bonchev–Trinajstić information content (AvgIpc) is 3.25. The van der Waals surface area contributed by atoms with E-state index in [-0.39, 0.29) is 11.5 Å². The lowest BCUT2D eigenvalue weighted by Gasteiger charge is -2.38. The number of hydrogen-bond acceptors (Lipinski definition) is 5. The zero-order valence-corrected chi connectivity index (χ0v) is 19.9. The van der Waals surface area contributed by atoms with Gasteiger partial charge in [0.05, 0.1) is 22.8 Å². The molecule has 4 rings (SSSR count). The van der Waals surface area contributed by atoms with Gasteiger partial charge in [-0.15, -0.1) is 0 Å². The Morgan fingerprint density at radius 3 is 2.50 bits per heavy atom. The van der Waals surface area contributed by atoms with E-state index < -0.39 is 0 Å². The highest BCUT2D eigenvalue weighted by Crippen LogP contribution is 2.24. The van der Waals surface area contributed by atoms with Crippen molar-refractivity contribution in [3.05, 3.63) is 69.8 Å². The third kappa shape index (κ3) is 4.39. The number of amides is 1. The van der Waals surface area contributed by atoms with Crippen LogP contribution in [0.4, 0.5) is 0 Å². The van der Waals surface area contributed by atoms with Crippen molar-refractivity contribution in [3.8, 4) is 23.0 Å². The van der Waals surface area contributed by atoms with Crippen LogP contribution in [0, 0.1) is 18.3 Å². The highest BCUT2D eigenvalue weighted by molar-refractivity contribution is 5.94. The van der Waals surface area contributed by atoms with E-state index in [0.29, 0.717) is 47.2 Å². The topological polar surface area (TPSA) is 98.0 Å². The first-order valence-corrected chi connectivity index (χ1v) is 11.8. The largest absolute Gasteiger partial charge is 0.336 e. The summed E-state index contributed by atoms with van der Waals surface area (Å²) in [6.07, 6.45) is 5.35. The lowest BCUT2D eigenvalue weighted by molar-refractivity contribution is 0.0559. The minimum atomic E-state index is -0.296. The second-order valence-corrected chi connectivity index (χ2v) is 8.64. The molecule has 1 saturated heterocycles. The molecule has 0 spiro atoms. The van der Waals surface area contributed by atoms with Gasteiger partial charge in [0, 0.05) is 50.2 Å². The number of hydrogen-bond donors (Lipinski definition) is 1. The third-order valence-electron chi connectivity index (χ3n) is 6.72. The second-order valence-electron chi connectivity index (χ2n) is 8.64. The maximum Gasteiger partial charge on any atom is 0.280 e. The molecule has 34 heavy (non-hydrogen) atoms. The zero-order valence-electron chi connectivity index (χ0n) is 19.9. The molecular weight excluding hydrogens is 428 g/mol. The van der Waals surface area contributed by atoms with Gasteiger partial charge in [-0.25, -0.2) is 9.67 Å². The molecule has 1 aliphatic rings. The van der Waals surface area contributed by atoms with Gasteiger partial charge in [-0.3, -0.25) is 19.6 Å². The monoisotopic (exact) mass is 458 g/mol. The molecule has 1 aliphatic heterocycles. The van der Waals surface area contributed by atoms with Crippen LogP contribution >= 0.6 is 0 Å². The Balaban J connectivity index is 1.51. The van der Waals surface area contributed by atoms with E-state index in [4.69, 9.17) is 0 Å². The van der Waals surface area contributed by atoms with Gasteiger partial charge in [-0.1, -0.05) is 26.0 Å². The number of nitrogens with one attached hydrogen (secondary N) is 1. The summed E-state index contributed by atoms with van der Waals surface area (Å²) in [4.78, 5) is 34.8. The van der Waals surface area contributed by atoms with E-state index in [9.17, 15) is 14.9 Å². The smallest absolute Gasteiger partial charge is 0.280 e. The van der Waals surface area contributed by atoms with Crippen LogP contribution < -0.4 is 5.56 Å². The van der Waals surface area contributed by atoms with E-state index in [1.807, 2.05) is 17.9 Å². The number of aromatic nitrogens is 3. The molecule has 1 fully saturated rings. The summed E-state index contributed by atoms with van der Waals surface area (Å²) < 4.78 is 1.32. The summed E-state index contributed by atoms with van der Waals surface area (Å²) >= 11 is 0. The van der Waals surface area contributed by atoms with Crippen LogP contribution in [0.25, 0.3) is 16.9 Å². The van der Waals surface area contributed by atoms with Gasteiger partial charge in [0.2, 0.25) is 0 Å². The molecule has 3 heterocycles. The quantitative estimate of drug-likeness (QED) is 0.611. The average molecular weight is 459 g/mol. The molecule has 1 N–H and O–H groups in total. The van der Waals surface area contributed by atoms with E-state index in [1.165, 1.54) is 10.9 Å². The standard InChI is InChI=1S/C26H30N6O2/c1-4-21(5-2)30-11-13-31(14-12-30)25(33)20-9-10-23(28-16-20)32-26(34)22(17-29-32)24-18(3)7-6-8-19(24)15-27/h6-10,16-17,21,29H,4-5,11-14H2,1-3H3. The van der Waals surface area contributed by atoms with Gasteiger partial charge in [0.1, 0.15) is 0 Å². The number of nitrogens with zero attached hydrogens (tertiary/aromatic N) is 5. The summed E-state index contributed by atoms with van der Waals surface area (Å²) in [5.74, 6) is 0.347. The predicted molar refractivity (Wildman–Crippen MR) is 131 cm³/mol. The molecule has 3 aromatic rings. The Bertz CT molecular complexity index is 1260. The van der Waals surface area contributed by atoms with Crippen LogP contribution in [0.15, 0.2) is 47.5 Å². The third-order valence-corrected chi connectivity index (χ3v) is 6.72. The fourth-order valence-corrected chi connectivity index (χ4v) is 4.76. The second kappa shape index (κ2) is 10.1. The first-order valence-electron chi connectivity index (χ1n) is 11.8. The number of piperazine rings is 1. The molecule has 0 atom stereocenters. The number of pyridine rings is 1. The number of aryl methyl sites for hydroxylation is 1. The van der Waals surface area contributed by atoms with E-state index in [1.54, 1.807) is 30.5 Å². The van der Waals surface area contributed by atoms with Crippen molar-refractivity contribution in [2.24, 2.45) is 0 Å². The molecule has 0 bridgehead atoms. The van der Waals surface area contributed by atoms with Gasteiger partial charge in [-0.2, -0.15) is 5.26 Å². The highest BCUT2D eigenvalue weighted by atomic mass is 16.2. The first kappa shape index (κ1) is 23.5. The fraction of sp³-hybridized carbons (Fsp3) is 0.385. The first-order chi connectivity index (χ1) is 16.5. The Hall–Kier alpha value is -3.70. The number of rotatable bonds is 6. The minimum absolute atomic E-state index is 0.0404. The summed E-state index contributed by atoms with van der Waals surface area (Å²) in [5, 5.41) is 12.4. The molecule has 1 amide bonds. The molecule has 176 valence electrons. The van der Waals surface area contributed by atoms with Gasteiger partial charge >= 0.3 is 0 Å². The Kier molecular flexibility index (Phi) is 6.94. The van der Waals surface area contributed by atoms with Crippen molar-refractivity contribution in [1.29, 1.82) is 5.26 Å². The SMILES string of the molecule is CCC(CC)N1CCN(C(=O)c2ccc(-n3[nH]cc(-c4c(C)cccc4C#N)c3=O)nc2)CC1. The normalized spacial score (nSPS) is 14.4. The molecule has 8 heteroatoms. The predicted octanol–water partition coefficient (Wildman–Crippen LogP) is 3.35. The lowest BCUT2D eigenvalue weighted by Crippen LogP contribution is -2.51. The molecule has 0 saturated carbocycles. The Morgan fingerprint density at radius 1 is 1.15 bits per heavy atom. The molecule has 8 nitrogen and oxygen atoms in total. The van der Waals surface area contributed by atoms with Crippen molar-refractivity contribution in [3.63, 3.8) is 0 Å². The van der Waals surface area contributed by atoms with Crippen molar-refractivity contribution >= 4 is 5.91 Å². The lowest BCUT2D eigenvalue weighted by atomic mass is 9.98. The van der Waals surface area contributed by atoms with Crippen molar-refractivity contribution < 1.29 is 4.79 Å². The molecule has 1 aromatic carbocycles. The number of aromatic amines is 1. The van der Waals surface area contributed by atoms with E-state index >= 15 is 0 Å². The number of benzene rings is 1. The van der Waals surface area contributed by atoms with Crippen LogP contribution in [-0.4, -0.2) is 62.7 Å². The zero-order chi connectivity index (χ0) is 24.2.